The molecular formula is C29H30FN3O4. The highest BCUT2D eigenvalue weighted by molar-refractivity contribution is 5.98. The molecule has 2 aromatic carbocycles. The minimum absolute atomic E-state index is 0.0921. The molecule has 0 unspecified atom stereocenters. The van der Waals surface area contributed by atoms with Gasteiger partial charge in [0.2, 0.25) is 5.88 Å². The van der Waals surface area contributed by atoms with Gasteiger partial charge in [0, 0.05) is 23.7 Å². The molecule has 37 heavy (non-hydrogen) atoms. The van der Waals surface area contributed by atoms with E-state index in [2.05, 4.69) is 0 Å². The largest absolute Gasteiger partial charge is 0.466 e. The van der Waals surface area contributed by atoms with E-state index in [0.29, 0.717) is 17.3 Å². The normalized spacial score (nSPS) is 16.5. The van der Waals surface area contributed by atoms with Gasteiger partial charge < -0.3 is 14.7 Å². The van der Waals surface area contributed by atoms with E-state index in [-0.39, 0.29) is 18.3 Å². The van der Waals surface area contributed by atoms with Gasteiger partial charge in [-0.1, -0.05) is 36.4 Å². The zero-order valence-electron chi connectivity index (χ0n) is 21.4. The van der Waals surface area contributed by atoms with Crippen molar-refractivity contribution in [2.45, 2.75) is 51.1 Å². The maximum atomic E-state index is 13.7. The molecule has 2 aliphatic rings. The quantitative estimate of drug-likeness (QED) is 0.467. The highest BCUT2D eigenvalue weighted by Gasteiger charge is 2.50. The Hall–Kier alpha value is -3.94. The van der Waals surface area contributed by atoms with Gasteiger partial charge >= 0.3 is 6.09 Å². The Morgan fingerprint density at radius 1 is 1.08 bits per heavy atom. The summed E-state index contributed by atoms with van der Waals surface area (Å²) in [6.07, 6.45) is 1.57. The van der Waals surface area contributed by atoms with E-state index < -0.39 is 17.2 Å². The Bertz CT molecular complexity index is 1360. The number of hydrogen-bond acceptors (Lipinski definition) is 4. The minimum Gasteiger partial charge on any atom is -0.466 e. The summed E-state index contributed by atoms with van der Waals surface area (Å²) in [4.78, 5) is 32.4. The summed E-state index contributed by atoms with van der Waals surface area (Å²) >= 11 is 0. The van der Waals surface area contributed by atoms with Crippen LogP contribution in [0.5, 0.6) is 5.88 Å². The molecular weight excluding hydrogens is 473 g/mol. The number of hydrogen-bond donors (Lipinski definition) is 1. The SMILES string of the molecule is CN1C(=O)COc2nc(-c3ccc(C4(N(C(=O)O)C(C)(C)C)CCC4)cc3)c(-c3ccc(F)cc3)cc21. The van der Waals surface area contributed by atoms with Crippen molar-refractivity contribution >= 4 is 17.7 Å². The molecule has 1 aliphatic heterocycles. The van der Waals surface area contributed by atoms with Crippen molar-refractivity contribution in [2.75, 3.05) is 18.6 Å². The van der Waals surface area contributed by atoms with Crippen molar-refractivity contribution in [3.8, 4) is 28.3 Å². The molecule has 1 N–H and O–H groups in total. The second-order valence-corrected chi connectivity index (χ2v) is 10.7. The molecule has 8 heteroatoms. The molecule has 0 bridgehead atoms. The first-order chi connectivity index (χ1) is 17.5. The maximum absolute atomic E-state index is 13.7. The molecule has 1 saturated carbocycles. The third-order valence-electron chi connectivity index (χ3n) is 7.36. The van der Waals surface area contributed by atoms with Crippen LogP contribution < -0.4 is 9.64 Å². The van der Waals surface area contributed by atoms with Gasteiger partial charge in [-0.3, -0.25) is 9.69 Å². The van der Waals surface area contributed by atoms with Crippen LogP contribution in [0.15, 0.2) is 54.6 Å². The number of aromatic nitrogens is 1. The van der Waals surface area contributed by atoms with Gasteiger partial charge in [0.15, 0.2) is 6.61 Å². The summed E-state index contributed by atoms with van der Waals surface area (Å²) in [5.74, 6) is -0.166. The van der Waals surface area contributed by atoms with Crippen molar-refractivity contribution in [3.05, 3.63) is 66.0 Å². The Morgan fingerprint density at radius 3 is 2.24 bits per heavy atom. The maximum Gasteiger partial charge on any atom is 0.408 e. The number of pyridine rings is 1. The number of rotatable bonds is 4. The van der Waals surface area contributed by atoms with E-state index in [1.165, 1.54) is 17.0 Å². The lowest BCUT2D eigenvalue weighted by molar-refractivity contribution is -0.121. The van der Waals surface area contributed by atoms with Crippen LogP contribution >= 0.6 is 0 Å². The smallest absolute Gasteiger partial charge is 0.408 e. The number of carboxylic acid groups (broad SMARTS) is 1. The molecule has 2 amide bonds. The van der Waals surface area contributed by atoms with Crippen LogP contribution in [0.4, 0.5) is 14.9 Å². The third kappa shape index (κ3) is 4.20. The van der Waals surface area contributed by atoms with Crippen LogP contribution in [0, 0.1) is 5.82 Å². The molecule has 0 spiro atoms. The Kier molecular flexibility index (Phi) is 5.93. The fraction of sp³-hybridized carbons (Fsp3) is 0.345. The van der Waals surface area contributed by atoms with Crippen LogP contribution in [-0.4, -0.2) is 46.2 Å². The Balaban J connectivity index is 1.61. The van der Waals surface area contributed by atoms with Crippen LogP contribution in [0.2, 0.25) is 0 Å². The first-order valence-corrected chi connectivity index (χ1v) is 12.4. The van der Waals surface area contributed by atoms with E-state index in [1.807, 2.05) is 51.1 Å². The van der Waals surface area contributed by atoms with E-state index >= 15 is 0 Å². The Morgan fingerprint density at radius 2 is 1.70 bits per heavy atom. The van der Waals surface area contributed by atoms with Gasteiger partial charge in [-0.25, -0.2) is 14.2 Å². The summed E-state index contributed by atoms with van der Waals surface area (Å²) in [6, 6.07) is 15.8. The van der Waals surface area contributed by atoms with Crippen LogP contribution in [-0.2, 0) is 10.3 Å². The molecule has 7 nitrogen and oxygen atoms in total. The molecule has 1 aromatic heterocycles. The molecule has 0 saturated heterocycles. The highest BCUT2D eigenvalue weighted by atomic mass is 19.1. The highest BCUT2D eigenvalue weighted by Crippen LogP contribution is 2.50. The number of amides is 2. The number of anilines is 1. The second kappa shape index (κ2) is 8.87. The molecule has 2 heterocycles. The number of benzene rings is 2. The lowest BCUT2D eigenvalue weighted by Gasteiger charge is -2.54. The van der Waals surface area contributed by atoms with Gasteiger partial charge in [0.05, 0.1) is 11.2 Å². The van der Waals surface area contributed by atoms with Gasteiger partial charge in [0.25, 0.3) is 5.91 Å². The van der Waals surface area contributed by atoms with Crippen molar-refractivity contribution in [1.29, 1.82) is 0 Å². The standard InChI is InChI=1S/C29H30FN3O4/c1-28(2,3)33(27(35)36)29(14-5-15-29)20-10-6-19(7-11-20)25-22(18-8-12-21(30)13-9-18)16-23-26(31-25)37-17-24(34)32(23)4/h6-13,16H,5,14-15,17H2,1-4H3,(H,35,36). The lowest BCUT2D eigenvalue weighted by Crippen LogP contribution is -2.60. The number of ether oxygens (including phenoxy) is 1. The summed E-state index contributed by atoms with van der Waals surface area (Å²) in [7, 11) is 1.68. The minimum atomic E-state index is -0.929. The summed E-state index contributed by atoms with van der Waals surface area (Å²) in [5, 5.41) is 10.1. The van der Waals surface area contributed by atoms with E-state index in [9.17, 15) is 19.1 Å². The average Bonchev–Trinajstić information content (AvgIpc) is 2.83. The molecule has 1 fully saturated rings. The summed E-state index contributed by atoms with van der Waals surface area (Å²) in [5.41, 5.74) is 3.29. The van der Waals surface area contributed by atoms with Crippen molar-refractivity contribution in [3.63, 3.8) is 0 Å². The summed E-state index contributed by atoms with van der Waals surface area (Å²) in [6.45, 7) is 5.67. The van der Waals surface area contributed by atoms with Crippen molar-refractivity contribution < 1.29 is 23.8 Å². The van der Waals surface area contributed by atoms with E-state index in [1.54, 1.807) is 24.1 Å². The first-order valence-electron chi connectivity index (χ1n) is 12.4. The number of likely N-dealkylation sites (N-methyl/N-ethyl adjacent to an activating group) is 1. The van der Waals surface area contributed by atoms with Crippen molar-refractivity contribution in [2.24, 2.45) is 0 Å². The van der Waals surface area contributed by atoms with Gasteiger partial charge in [-0.05, 0) is 69.4 Å². The van der Waals surface area contributed by atoms with E-state index in [0.717, 1.165) is 41.5 Å². The number of carbonyl (C=O) groups is 2. The summed E-state index contributed by atoms with van der Waals surface area (Å²) < 4.78 is 19.3. The van der Waals surface area contributed by atoms with Crippen LogP contribution in [0.25, 0.3) is 22.4 Å². The molecule has 0 atom stereocenters. The fourth-order valence-corrected chi connectivity index (χ4v) is 5.47. The predicted octanol–water partition coefficient (Wildman–Crippen LogP) is 6.07. The number of fused-ring (bicyclic) bond motifs is 1. The van der Waals surface area contributed by atoms with Gasteiger partial charge in [-0.15, -0.1) is 0 Å². The van der Waals surface area contributed by atoms with E-state index in [4.69, 9.17) is 9.72 Å². The molecule has 3 aromatic rings. The number of halogens is 1. The number of nitrogens with zero attached hydrogens (tertiary/aromatic N) is 3. The second-order valence-electron chi connectivity index (χ2n) is 10.7. The van der Waals surface area contributed by atoms with Crippen LogP contribution in [0.3, 0.4) is 0 Å². The van der Waals surface area contributed by atoms with Crippen molar-refractivity contribution in [1.82, 2.24) is 9.88 Å². The number of carbonyl (C=O) groups excluding carboxylic acids is 1. The third-order valence-corrected chi connectivity index (χ3v) is 7.36. The van der Waals surface area contributed by atoms with Gasteiger partial charge in [0.1, 0.15) is 11.5 Å². The fourth-order valence-electron chi connectivity index (χ4n) is 5.47. The monoisotopic (exact) mass is 503 g/mol. The van der Waals surface area contributed by atoms with Crippen LogP contribution in [0.1, 0.15) is 45.6 Å². The topological polar surface area (TPSA) is 83.0 Å². The molecule has 5 rings (SSSR count). The first kappa shape index (κ1) is 24.7. The lowest BCUT2D eigenvalue weighted by atomic mass is 9.69. The zero-order chi connectivity index (χ0) is 26.5. The molecule has 1 aliphatic carbocycles. The average molecular weight is 504 g/mol. The predicted molar refractivity (Wildman–Crippen MR) is 139 cm³/mol. The molecule has 192 valence electrons. The molecule has 0 radical (unpaired) electrons. The Labute approximate surface area is 215 Å². The van der Waals surface area contributed by atoms with Gasteiger partial charge in [-0.2, -0.15) is 0 Å². The zero-order valence-corrected chi connectivity index (χ0v) is 21.4.